The van der Waals surface area contributed by atoms with Crippen molar-refractivity contribution in [3.05, 3.63) is 66.1 Å². The van der Waals surface area contributed by atoms with Crippen LogP contribution in [0.5, 0.6) is 11.5 Å². The smallest absolute Gasteiger partial charge is 0.252 e. The van der Waals surface area contributed by atoms with Gasteiger partial charge >= 0.3 is 0 Å². The summed E-state index contributed by atoms with van der Waals surface area (Å²) in [4.78, 5) is 31.4. The van der Waals surface area contributed by atoms with Crippen molar-refractivity contribution >= 4 is 11.8 Å². The number of phenols is 1. The first-order valence-corrected chi connectivity index (χ1v) is 11.5. The number of nitrogens with zero attached hydrogens (tertiary/aromatic N) is 3. The lowest BCUT2D eigenvalue weighted by Crippen LogP contribution is -2.49. The van der Waals surface area contributed by atoms with Gasteiger partial charge in [-0.2, -0.15) is 0 Å². The highest BCUT2D eigenvalue weighted by Crippen LogP contribution is 2.40. The Morgan fingerprint density at radius 1 is 1.12 bits per heavy atom. The molecule has 0 radical (unpaired) electrons. The lowest BCUT2D eigenvalue weighted by atomic mass is 9.94. The van der Waals surface area contributed by atoms with Gasteiger partial charge in [-0.15, -0.1) is 0 Å². The second-order valence-corrected chi connectivity index (χ2v) is 9.32. The molecule has 2 bridgehead atoms. The van der Waals surface area contributed by atoms with E-state index < -0.39 is 5.91 Å². The van der Waals surface area contributed by atoms with Crippen LogP contribution in [0.25, 0.3) is 11.3 Å². The zero-order chi connectivity index (χ0) is 23.8. The minimum Gasteiger partial charge on any atom is -0.508 e. The van der Waals surface area contributed by atoms with Gasteiger partial charge in [0.25, 0.3) is 5.91 Å². The molecule has 2 aromatic carbocycles. The molecule has 1 aliphatic heterocycles. The fourth-order valence-electron chi connectivity index (χ4n) is 5.16. The van der Waals surface area contributed by atoms with Crippen molar-refractivity contribution in [1.29, 1.82) is 0 Å². The van der Waals surface area contributed by atoms with Crippen molar-refractivity contribution < 1.29 is 19.4 Å². The molecule has 2 heterocycles. The topological polar surface area (TPSA) is 111 Å². The first-order chi connectivity index (χ1) is 16.4. The van der Waals surface area contributed by atoms with Crippen LogP contribution in [0.1, 0.15) is 28.8 Å². The van der Waals surface area contributed by atoms with Crippen LogP contribution >= 0.6 is 0 Å². The van der Waals surface area contributed by atoms with Crippen LogP contribution in [0.4, 0.5) is 0 Å². The lowest BCUT2D eigenvalue weighted by Gasteiger charge is -2.38. The number of likely N-dealkylation sites (tertiary alicyclic amines) is 1. The third-order valence-corrected chi connectivity index (χ3v) is 6.90. The Bertz CT molecular complexity index is 1210. The minimum absolute atomic E-state index is 0.0588. The van der Waals surface area contributed by atoms with E-state index in [4.69, 9.17) is 10.5 Å². The van der Waals surface area contributed by atoms with Crippen LogP contribution in [-0.4, -0.2) is 50.6 Å². The number of amides is 2. The predicted octanol–water partition coefficient (Wildman–Crippen LogP) is 2.75. The number of phenolic OH excluding ortho intramolecular Hbond substituents is 1. The van der Waals surface area contributed by atoms with Gasteiger partial charge in [0.2, 0.25) is 5.91 Å². The predicted molar refractivity (Wildman–Crippen MR) is 126 cm³/mol. The van der Waals surface area contributed by atoms with Gasteiger partial charge in [0.15, 0.2) is 0 Å². The molecule has 8 heteroatoms. The first kappa shape index (κ1) is 22.0. The number of benzene rings is 2. The number of ether oxygens (including phenoxy) is 1. The number of piperidine rings is 1. The summed E-state index contributed by atoms with van der Waals surface area (Å²) in [5, 5.41) is 9.45. The zero-order valence-electron chi connectivity index (χ0n) is 19.1. The van der Waals surface area contributed by atoms with Crippen LogP contribution in [0.2, 0.25) is 0 Å². The van der Waals surface area contributed by atoms with Crippen molar-refractivity contribution in [3.8, 4) is 22.8 Å². The number of nitrogens with two attached hydrogens (primary N) is 1. The molecule has 3 atom stereocenters. The first-order valence-electron chi connectivity index (χ1n) is 11.5. The average molecular weight is 461 g/mol. The number of aromatic nitrogens is 2. The highest BCUT2D eigenvalue weighted by Gasteiger charge is 2.45. The summed E-state index contributed by atoms with van der Waals surface area (Å²) in [7, 11) is 1.89. The largest absolute Gasteiger partial charge is 0.508 e. The van der Waals surface area contributed by atoms with Crippen molar-refractivity contribution in [2.75, 3.05) is 13.1 Å². The van der Waals surface area contributed by atoms with Crippen LogP contribution in [0.3, 0.4) is 0 Å². The number of carbonyl (C=O) groups is 2. The molecule has 2 aliphatic rings. The van der Waals surface area contributed by atoms with E-state index in [0.29, 0.717) is 30.8 Å². The lowest BCUT2D eigenvalue weighted by molar-refractivity contribution is -0.134. The van der Waals surface area contributed by atoms with E-state index in [1.165, 1.54) is 0 Å². The van der Waals surface area contributed by atoms with Gasteiger partial charge < -0.3 is 25.0 Å². The number of aromatic hydroxyl groups is 1. The Morgan fingerprint density at radius 3 is 2.44 bits per heavy atom. The highest BCUT2D eigenvalue weighted by molar-refractivity contribution is 5.97. The van der Waals surface area contributed by atoms with Crippen LogP contribution in [0, 0.1) is 11.8 Å². The van der Waals surface area contributed by atoms with Gasteiger partial charge in [0.05, 0.1) is 24.0 Å². The fourth-order valence-corrected chi connectivity index (χ4v) is 5.16. The fraction of sp³-hybridized carbons (Fsp3) is 0.346. The average Bonchev–Trinajstić information content (AvgIpc) is 3.34. The molecular weight excluding hydrogens is 432 g/mol. The number of hydrogen-bond acceptors (Lipinski definition) is 5. The molecule has 5 rings (SSSR count). The SMILES string of the molecule is Cn1cnc(-c2ccc(O[C@H]3[C@@H]4CC[C@H]3CN(C(=O)Cc3ccc(O)cc3)C4)c(C(N)=O)c2)c1. The van der Waals surface area contributed by atoms with Crippen molar-refractivity contribution in [2.24, 2.45) is 24.6 Å². The molecule has 34 heavy (non-hydrogen) atoms. The number of hydrogen-bond donors (Lipinski definition) is 2. The van der Waals surface area contributed by atoms with Gasteiger partial charge in [-0.05, 0) is 48.7 Å². The van der Waals surface area contributed by atoms with Crippen molar-refractivity contribution in [1.82, 2.24) is 14.5 Å². The number of rotatable bonds is 6. The minimum atomic E-state index is -0.540. The maximum absolute atomic E-state index is 12.9. The number of primary amides is 1. The molecule has 3 N–H and O–H groups in total. The third-order valence-electron chi connectivity index (χ3n) is 6.90. The summed E-state index contributed by atoms with van der Waals surface area (Å²) < 4.78 is 8.24. The summed E-state index contributed by atoms with van der Waals surface area (Å²) in [5.41, 5.74) is 8.48. The van der Waals surface area contributed by atoms with Crippen LogP contribution in [0.15, 0.2) is 55.0 Å². The molecule has 1 aliphatic carbocycles. The second-order valence-electron chi connectivity index (χ2n) is 9.32. The molecule has 0 unspecified atom stereocenters. The molecule has 1 saturated carbocycles. The standard InChI is InChI=1S/C26H28N4O4/c1-29-14-22(28-15-29)17-6-9-23(21(11-17)26(27)33)34-25-18-4-5-19(25)13-30(12-18)24(32)10-16-2-7-20(31)8-3-16/h2-3,6-9,11,14-15,18-19,25,31H,4-5,10,12-13H2,1H3,(H2,27,33)/t18-,19+,25+. The number of carbonyl (C=O) groups excluding carboxylic acids is 2. The molecule has 2 amide bonds. The molecule has 1 saturated heterocycles. The van der Waals surface area contributed by atoms with E-state index in [0.717, 1.165) is 29.7 Å². The van der Waals surface area contributed by atoms with E-state index >= 15 is 0 Å². The van der Waals surface area contributed by atoms with Gasteiger partial charge in [-0.3, -0.25) is 9.59 Å². The zero-order valence-corrected chi connectivity index (χ0v) is 19.1. The van der Waals surface area contributed by atoms with Gasteiger partial charge in [0.1, 0.15) is 17.6 Å². The summed E-state index contributed by atoms with van der Waals surface area (Å²) in [6.07, 6.45) is 5.80. The number of aryl methyl sites for hydroxylation is 1. The summed E-state index contributed by atoms with van der Waals surface area (Å²) in [5.74, 6) is 0.631. The summed E-state index contributed by atoms with van der Waals surface area (Å²) in [6, 6.07) is 12.2. The van der Waals surface area contributed by atoms with Crippen molar-refractivity contribution in [3.63, 3.8) is 0 Å². The van der Waals surface area contributed by atoms with E-state index in [9.17, 15) is 14.7 Å². The quantitative estimate of drug-likeness (QED) is 0.588. The van der Waals surface area contributed by atoms with E-state index in [1.54, 1.807) is 42.7 Å². The van der Waals surface area contributed by atoms with E-state index in [1.807, 2.05) is 28.8 Å². The highest BCUT2D eigenvalue weighted by atomic mass is 16.5. The Morgan fingerprint density at radius 2 is 1.82 bits per heavy atom. The normalized spacial score (nSPS) is 21.4. The van der Waals surface area contributed by atoms with Crippen LogP contribution < -0.4 is 10.5 Å². The molecule has 176 valence electrons. The summed E-state index contributed by atoms with van der Waals surface area (Å²) >= 11 is 0. The van der Waals surface area contributed by atoms with E-state index in [2.05, 4.69) is 4.98 Å². The molecular formula is C26H28N4O4. The Kier molecular flexibility index (Phi) is 5.73. The number of imidazole rings is 1. The van der Waals surface area contributed by atoms with Gasteiger partial charge in [-0.25, -0.2) is 4.98 Å². The monoisotopic (exact) mass is 460 g/mol. The maximum Gasteiger partial charge on any atom is 0.252 e. The van der Waals surface area contributed by atoms with Crippen molar-refractivity contribution in [2.45, 2.75) is 25.4 Å². The Labute approximate surface area is 198 Å². The number of fused-ring (bicyclic) bond motifs is 2. The van der Waals surface area contributed by atoms with E-state index in [-0.39, 0.29) is 29.6 Å². The Hall–Kier alpha value is -3.81. The molecule has 3 aromatic rings. The molecule has 1 aromatic heterocycles. The second kappa shape index (κ2) is 8.85. The molecule has 0 spiro atoms. The Balaban J connectivity index is 1.29. The van der Waals surface area contributed by atoms with Gasteiger partial charge in [0, 0.05) is 43.7 Å². The van der Waals surface area contributed by atoms with Gasteiger partial charge in [-0.1, -0.05) is 12.1 Å². The summed E-state index contributed by atoms with van der Waals surface area (Å²) in [6.45, 7) is 1.27. The van der Waals surface area contributed by atoms with Crippen LogP contribution in [-0.2, 0) is 18.3 Å². The maximum atomic E-state index is 12.9. The molecule has 8 nitrogen and oxygen atoms in total. The third kappa shape index (κ3) is 4.35. The molecule has 2 fully saturated rings.